The molecule has 1 heterocycles. The molecule has 1 aromatic carbocycles. The van der Waals surface area contributed by atoms with Crippen LogP contribution in [0.3, 0.4) is 0 Å². The van der Waals surface area contributed by atoms with Crippen molar-refractivity contribution in [3.05, 3.63) is 36.0 Å². The number of nitrogens with two attached hydrogens (primary N) is 1. The van der Waals surface area contributed by atoms with Crippen molar-refractivity contribution >= 4 is 10.9 Å². The fourth-order valence-corrected chi connectivity index (χ4v) is 2.47. The second-order valence-electron chi connectivity index (χ2n) is 5.52. The van der Waals surface area contributed by atoms with E-state index in [1.165, 1.54) is 22.9 Å². The van der Waals surface area contributed by atoms with Crippen LogP contribution in [0, 0.1) is 5.92 Å². The van der Waals surface area contributed by atoms with Gasteiger partial charge >= 0.3 is 0 Å². The Balaban J connectivity index is 2.41. The standard InChI is InChI=1S/C16H24N2/c1-4-12(2)11-18-9-8-14-6-5-7-15(16(14)18)10-13(3)17/h5-9,12-13H,4,10-11,17H2,1-3H3. The Morgan fingerprint density at radius 3 is 2.67 bits per heavy atom. The Morgan fingerprint density at radius 2 is 2.00 bits per heavy atom. The highest BCUT2D eigenvalue weighted by Gasteiger charge is 2.09. The monoisotopic (exact) mass is 244 g/mol. The van der Waals surface area contributed by atoms with E-state index in [4.69, 9.17) is 5.73 Å². The lowest BCUT2D eigenvalue weighted by Gasteiger charge is -2.14. The van der Waals surface area contributed by atoms with Gasteiger partial charge in [-0.1, -0.05) is 38.5 Å². The summed E-state index contributed by atoms with van der Waals surface area (Å²) in [6.45, 7) is 7.72. The number of benzene rings is 1. The van der Waals surface area contributed by atoms with E-state index in [1.807, 2.05) is 0 Å². The Bertz CT molecular complexity index is 511. The van der Waals surface area contributed by atoms with Crippen LogP contribution in [0.4, 0.5) is 0 Å². The first kappa shape index (κ1) is 13.2. The van der Waals surface area contributed by atoms with E-state index < -0.39 is 0 Å². The summed E-state index contributed by atoms with van der Waals surface area (Å²) in [4.78, 5) is 0. The molecule has 0 saturated heterocycles. The topological polar surface area (TPSA) is 30.9 Å². The van der Waals surface area contributed by atoms with Gasteiger partial charge in [-0.2, -0.15) is 0 Å². The lowest BCUT2D eigenvalue weighted by atomic mass is 10.0. The van der Waals surface area contributed by atoms with Crippen molar-refractivity contribution in [3.8, 4) is 0 Å². The van der Waals surface area contributed by atoms with Gasteiger partial charge in [0.1, 0.15) is 0 Å². The van der Waals surface area contributed by atoms with Crippen LogP contribution in [0.2, 0.25) is 0 Å². The lowest BCUT2D eigenvalue weighted by Crippen LogP contribution is -2.18. The Hall–Kier alpha value is -1.28. The Morgan fingerprint density at radius 1 is 1.22 bits per heavy atom. The number of aromatic nitrogens is 1. The molecule has 2 aromatic rings. The molecule has 2 atom stereocenters. The second-order valence-corrected chi connectivity index (χ2v) is 5.52. The van der Waals surface area contributed by atoms with Crippen LogP contribution in [0.1, 0.15) is 32.8 Å². The summed E-state index contributed by atoms with van der Waals surface area (Å²) in [5, 5.41) is 1.33. The first-order valence-corrected chi connectivity index (χ1v) is 6.94. The molecule has 0 saturated carbocycles. The van der Waals surface area contributed by atoms with Crippen LogP contribution in [0.5, 0.6) is 0 Å². The van der Waals surface area contributed by atoms with Crippen molar-refractivity contribution in [1.29, 1.82) is 0 Å². The molecule has 0 aliphatic rings. The van der Waals surface area contributed by atoms with E-state index in [0.29, 0.717) is 5.92 Å². The SMILES string of the molecule is CCC(C)Cn1ccc2cccc(CC(C)N)c21. The number of para-hydroxylation sites is 1. The lowest BCUT2D eigenvalue weighted by molar-refractivity contribution is 0.477. The molecule has 2 nitrogen and oxygen atoms in total. The van der Waals surface area contributed by atoms with Crippen molar-refractivity contribution in [2.75, 3.05) is 0 Å². The summed E-state index contributed by atoms with van der Waals surface area (Å²) in [6.07, 6.45) is 4.37. The molecule has 0 spiro atoms. The molecule has 0 bridgehead atoms. The molecule has 0 aliphatic carbocycles. The number of rotatable bonds is 5. The third-order valence-corrected chi connectivity index (χ3v) is 3.62. The van der Waals surface area contributed by atoms with Gasteiger partial charge in [0.15, 0.2) is 0 Å². The number of hydrogen-bond acceptors (Lipinski definition) is 1. The van der Waals surface area contributed by atoms with Gasteiger partial charge in [-0.05, 0) is 36.3 Å². The number of nitrogens with zero attached hydrogens (tertiary/aromatic N) is 1. The molecule has 2 heteroatoms. The molecule has 18 heavy (non-hydrogen) atoms. The van der Waals surface area contributed by atoms with Crippen LogP contribution in [0.25, 0.3) is 10.9 Å². The van der Waals surface area contributed by atoms with E-state index in [9.17, 15) is 0 Å². The van der Waals surface area contributed by atoms with Crippen molar-refractivity contribution in [2.24, 2.45) is 11.7 Å². The molecule has 2 rings (SSSR count). The van der Waals surface area contributed by atoms with E-state index >= 15 is 0 Å². The molecule has 0 amide bonds. The minimum Gasteiger partial charge on any atom is -0.347 e. The second kappa shape index (κ2) is 5.57. The predicted molar refractivity (Wildman–Crippen MR) is 78.7 cm³/mol. The highest BCUT2D eigenvalue weighted by atomic mass is 15.0. The first-order valence-electron chi connectivity index (χ1n) is 6.94. The van der Waals surface area contributed by atoms with Crippen LogP contribution < -0.4 is 5.73 Å². The summed E-state index contributed by atoms with van der Waals surface area (Å²) in [5.74, 6) is 0.712. The smallest absolute Gasteiger partial charge is 0.0513 e. The van der Waals surface area contributed by atoms with E-state index in [0.717, 1.165) is 13.0 Å². The maximum atomic E-state index is 5.95. The predicted octanol–water partition coefficient (Wildman–Crippen LogP) is 3.58. The van der Waals surface area contributed by atoms with Gasteiger partial charge in [0, 0.05) is 18.8 Å². The maximum Gasteiger partial charge on any atom is 0.0513 e. The third-order valence-electron chi connectivity index (χ3n) is 3.62. The normalized spacial score (nSPS) is 14.9. The van der Waals surface area contributed by atoms with Gasteiger partial charge in [0.05, 0.1) is 5.52 Å². The summed E-state index contributed by atoms with van der Waals surface area (Å²) in [7, 11) is 0. The molecular formula is C16H24N2. The van der Waals surface area contributed by atoms with Gasteiger partial charge < -0.3 is 10.3 Å². The summed E-state index contributed by atoms with van der Waals surface area (Å²) >= 11 is 0. The van der Waals surface area contributed by atoms with Gasteiger partial charge in [0.2, 0.25) is 0 Å². The van der Waals surface area contributed by atoms with Crippen molar-refractivity contribution in [2.45, 2.75) is 46.2 Å². The molecule has 0 aliphatic heterocycles. The zero-order chi connectivity index (χ0) is 13.1. The molecular weight excluding hydrogens is 220 g/mol. The van der Waals surface area contributed by atoms with E-state index in [1.54, 1.807) is 0 Å². The number of fused-ring (bicyclic) bond motifs is 1. The third kappa shape index (κ3) is 2.75. The van der Waals surface area contributed by atoms with Gasteiger partial charge in [0.25, 0.3) is 0 Å². The van der Waals surface area contributed by atoms with Gasteiger partial charge in [-0.3, -0.25) is 0 Å². The summed E-state index contributed by atoms with van der Waals surface area (Å²) in [5.41, 5.74) is 8.69. The number of hydrogen-bond donors (Lipinski definition) is 1. The average Bonchev–Trinajstić information content (AvgIpc) is 2.73. The van der Waals surface area contributed by atoms with Crippen LogP contribution in [-0.4, -0.2) is 10.6 Å². The molecule has 2 unspecified atom stereocenters. The van der Waals surface area contributed by atoms with Crippen LogP contribution in [-0.2, 0) is 13.0 Å². The molecule has 0 radical (unpaired) electrons. The fourth-order valence-electron chi connectivity index (χ4n) is 2.47. The van der Waals surface area contributed by atoms with E-state index in [2.05, 4.69) is 55.8 Å². The minimum atomic E-state index is 0.211. The summed E-state index contributed by atoms with van der Waals surface area (Å²) < 4.78 is 2.39. The van der Waals surface area contributed by atoms with Crippen molar-refractivity contribution < 1.29 is 0 Å². The van der Waals surface area contributed by atoms with Crippen LogP contribution in [0.15, 0.2) is 30.5 Å². The average molecular weight is 244 g/mol. The summed E-state index contributed by atoms with van der Waals surface area (Å²) in [6, 6.07) is 8.95. The fraction of sp³-hybridized carbons (Fsp3) is 0.500. The van der Waals surface area contributed by atoms with Crippen LogP contribution >= 0.6 is 0 Å². The first-order chi connectivity index (χ1) is 8.61. The van der Waals surface area contributed by atoms with Gasteiger partial charge in [-0.25, -0.2) is 0 Å². The Kier molecular flexibility index (Phi) is 4.07. The molecule has 0 fully saturated rings. The Labute approximate surface area is 110 Å². The quantitative estimate of drug-likeness (QED) is 0.856. The zero-order valence-corrected chi connectivity index (χ0v) is 11.7. The minimum absolute atomic E-state index is 0.211. The van der Waals surface area contributed by atoms with Gasteiger partial charge in [-0.15, -0.1) is 0 Å². The zero-order valence-electron chi connectivity index (χ0n) is 11.7. The van der Waals surface area contributed by atoms with E-state index in [-0.39, 0.29) is 6.04 Å². The maximum absolute atomic E-state index is 5.95. The van der Waals surface area contributed by atoms with Crippen molar-refractivity contribution in [1.82, 2.24) is 4.57 Å². The van der Waals surface area contributed by atoms with Crippen molar-refractivity contribution in [3.63, 3.8) is 0 Å². The highest BCUT2D eigenvalue weighted by Crippen LogP contribution is 2.23. The largest absolute Gasteiger partial charge is 0.347 e. The molecule has 1 aromatic heterocycles. The highest BCUT2D eigenvalue weighted by molar-refractivity contribution is 5.83. The molecule has 98 valence electrons. The molecule has 2 N–H and O–H groups in total.